The maximum absolute atomic E-state index is 12.4. The number of benzene rings is 1. The average molecular weight is 310 g/mol. The van der Waals surface area contributed by atoms with E-state index in [1.807, 2.05) is 11.9 Å². The van der Waals surface area contributed by atoms with E-state index >= 15 is 0 Å². The summed E-state index contributed by atoms with van der Waals surface area (Å²) in [5.41, 5.74) is 1.15. The van der Waals surface area contributed by atoms with Crippen molar-refractivity contribution in [2.75, 3.05) is 7.05 Å². The number of aromatic carboxylic acids is 1. The molecule has 0 spiro atoms. The molecule has 6 nitrogen and oxygen atoms in total. The first-order valence-electron chi connectivity index (χ1n) is 6.61. The maximum Gasteiger partial charge on any atom is 0.335 e. The topological polar surface area (TPSA) is 71.2 Å². The number of halogens is 2. The summed E-state index contributed by atoms with van der Waals surface area (Å²) in [5, 5.41) is 12.6. The van der Waals surface area contributed by atoms with Crippen LogP contribution in [0.15, 0.2) is 30.6 Å². The van der Waals surface area contributed by atoms with Gasteiger partial charge in [0, 0.05) is 6.54 Å². The third-order valence-electron chi connectivity index (χ3n) is 3.07. The summed E-state index contributed by atoms with van der Waals surface area (Å²) < 4.78 is 26.0. The highest BCUT2D eigenvalue weighted by Crippen LogP contribution is 2.09. The molecule has 0 saturated carbocycles. The lowest BCUT2D eigenvalue weighted by molar-refractivity contribution is 0.0696. The van der Waals surface area contributed by atoms with Gasteiger partial charge in [0.2, 0.25) is 0 Å². The van der Waals surface area contributed by atoms with Crippen LogP contribution in [0, 0.1) is 0 Å². The van der Waals surface area contributed by atoms with Gasteiger partial charge in [-0.3, -0.25) is 4.90 Å². The molecule has 8 heteroatoms. The molecule has 0 aliphatic rings. The second kappa shape index (κ2) is 7.08. The van der Waals surface area contributed by atoms with Crippen molar-refractivity contribution in [3.63, 3.8) is 0 Å². The smallest absolute Gasteiger partial charge is 0.335 e. The highest BCUT2D eigenvalue weighted by atomic mass is 19.3. The van der Waals surface area contributed by atoms with Crippen LogP contribution in [-0.4, -0.2) is 44.2 Å². The number of carboxylic acid groups (broad SMARTS) is 1. The summed E-state index contributed by atoms with van der Waals surface area (Å²) in [6, 6.07) is 6.52. The summed E-state index contributed by atoms with van der Waals surface area (Å²) in [4.78, 5) is 16.7. The molecule has 22 heavy (non-hydrogen) atoms. The fourth-order valence-electron chi connectivity index (χ4n) is 2.06. The van der Waals surface area contributed by atoms with Crippen LogP contribution in [0.25, 0.3) is 0 Å². The predicted octanol–water partition coefficient (Wildman–Crippen LogP) is 1.87. The number of aromatic nitrogens is 3. The standard InChI is InChI=1S/C14H16F2N4O2/c1-19(6-10-2-4-11(5-3-10)14(21)22)8-13-17-9-18-20(13)7-12(15)16/h2-5,9,12H,6-8H2,1H3,(H,21,22). The molecule has 2 aromatic rings. The van der Waals surface area contributed by atoms with Gasteiger partial charge in [0.1, 0.15) is 18.7 Å². The minimum absolute atomic E-state index is 0.225. The van der Waals surface area contributed by atoms with E-state index in [1.165, 1.54) is 23.1 Å². The molecule has 0 unspecified atom stereocenters. The summed E-state index contributed by atoms with van der Waals surface area (Å²) in [6.07, 6.45) is -1.22. The molecule has 118 valence electrons. The maximum atomic E-state index is 12.4. The predicted molar refractivity (Wildman–Crippen MR) is 74.6 cm³/mol. The Kier molecular flexibility index (Phi) is 5.16. The second-order valence-electron chi connectivity index (χ2n) is 4.92. The van der Waals surface area contributed by atoms with Gasteiger partial charge in [-0.05, 0) is 24.7 Å². The van der Waals surface area contributed by atoms with Crippen molar-refractivity contribution < 1.29 is 18.7 Å². The van der Waals surface area contributed by atoms with Gasteiger partial charge >= 0.3 is 5.97 Å². The quantitative estimate of drug-likeness (QED) is 0.845. The first-order chi connectivity index (χ1) is 10.5. The molecule has 0 aliphatic heterocycles. The van der Waals surface area contributed by atoms with Crippen molar-refractivity contribution in [3.8, 4) is 0 Å². The van der Waals surface area contributed by atoms with E-state index in [-0.39, 0.29) is 5.56 Å². The number of rotatable bonds is 7. The van der Waals surface area contributed by atoms with Gasteiger partial charge < -0.3 is 5.11 Å². The van der Waals surface area contributed by atoms with E-state index in [1.54, 1.807) is 12.1 Å². The molecule has 0 fully saturated rings. The SMILES string of the molecule is CN(Cc1ccc(C(=O)O)cc1)Cc1ncnn1CC(F)F. The minimum atomic E-state index is -2.48. The van der Waals surface area contributed by atoms with Gasteiger partial charge in [0.25, 0.3) is 6.43 Å². The molecule has 0 amide bonds. The van der Waals surface area contributed by atoms with Crippen LogP contribution in [0.5, 0.6) is 0 Å². The van der Waals surface area contributed by atoms with Crippen molar-refractivity contribution in [2.45, 2.75) is 26.1 Å². The zero-order valence-corrected chi connectivity index (χ0v) is 12.0. The van der Waals surface area contributed by atoms with Gasteiger partial charge in [-0.25, -0.2) is 23.2 Å². The van der Waals surface area contributed by atoms with Gasteiger partial charge in [-0.15, -0.1) is 0 Å². The molecule has 0 atom stereocenters. The van der Waals surface area contributed by atoms with Gasteiger partial charge in [0.05, 0.1) is 12.1 Å². The molecule has 2 rings (SSSR count). The van der Waals surface area contributed by atoms with Crippen LogP contribution in [0.3, 0.4) is 0 Å². The van der Waals surface area contributed by atoms with Crippen LogP contribution in [-0.2, 0) is 19.6 Å². The number of alkyl halides is 2. The van der Waals surface area contributed by atoms with E-state index in [4.69, 9.17) is 5.11 Å². The van der Waals surface area contributed by atoms with E-state index in [0.717, 1.165) is 5.56 Å². The molecule has 0 radical (unpaired) electrons. The lowest BCUT2D eigenvalue weighted by atomic mass is 10.1. The fourth-order valence-corrected chi connectivity index (χ4v) is 2.06. The molecule has 0 aliphatic carbocycles. The van der Waals surface area contributed by atoms with Crippen LogP contribution >= 0.6 is 0 Å². The Morgan fingerprint density at radius 2 is 2.00 bits per heavy atom. The Morgan fingerprint density at radius 1 is 1.32 bits per heavy atom. The Labute approximate surface area is 126 Å². The Balaban J connectivity index is 1.96. The molecular formula is C14H16F2N4O2. The Morgan fingerprint density at radius 3 is 2.59 bits per heavy atom. The highest BCUT2D eigenvalue weighted by molar-refractivity contribution is 5.87. The summed E-state index contributed by atoms with van der Waals surface area (Å²) in [7, 11) is 1.83. The van der Waals surface area contributed by atoms with Crippen molar-refractivity contribution >= 4 is 5.97 Å². The molecule has 1 heterocycles. The molecule has 0 saturated heterocycles. The average Bonchev–Trinajstić information content (AvgIpc) is 2.85. The van der Waals surface area contributed by atoms with Crippen molar-refractivity contribution in [1.29, 1.82) is 0 Å². The summed E-state index contributed by atoms with van der Waals surface area (Å²) in [6.45, 7) is 0.436. The Bertz CT molecular complexity index is 628. The third-order valence-corrected chi connectivity index (χ3v) is 3.07. The van der Waals surface area contributed by atoms with Crippen molar-refractivity contribution in [2.24, 2.45) is 0 Å². The molecule has 1 aromatic heterocycles. The zero-order chi connectivity index (χ0) is 16.1. The lowest BCUT2D eigenvalue weighted by Gasteiger charge is -2.16. The fraction of sp³-hybridized carbons (Fsp3) is 0.357. The Hall–Kier alpha value is -2.35. The number of carboxylic acids is 1. The first-order valence-corrected chi connectivity index (χ1v) is 6.61. The summed E-state index contributed by atoms with van der Waals surface area (Å²) in [5.74, 6) is -0.509. The van der Waals surface area contributed by atoms with Crippen molar-refractivity contribution in [1.82, 2.24) is 19.7 Å². The van der Waals surface area contributed by atoms with Crippen LogP contribution in [0.2, 0.25) is 0 Å². The molecule has 1 N–H and O–H groups in total. The van der Waals surface area contributed by atoms with E-state index in [2.05, 4.69) is 10.1 Å². The van der Waals surface area contributed by atoms with E-state index in [9.17, 15) is 13.6 Å². The molecular weight excluding hydrogens is 294 g/mol. The van der Waals surface area contributed by atoms with Crippen molar-refractivity contribution in [3.05, 3.63) is 47.5 Å². The number of hydrogen-bond donors (Lipinski definition) is 1. The normalized spacial score (nSPS) is 11.3. The summed E-state index contributed by atoms with van der Waals surface area (Å²) >= 11 is 0. The number of carbonyl (C=O) groups is 1. The van der Waals surface area contributed by atoms with E-state index < -0.39 is 18.9 Å². The monoisotopic (exact) mass is 310 g/mol. The lowest BCUT2D eigenvalue weighted by Crippen LogP contribution is -2.22. The van der Waals surface area contributed by atoms with Crippen LogP contribution in [0.4, 0.5) is 8.78 Å². The van der Waals surface area contributed by atoms with Crippen LogP contribution < -0.4 is 0 Å². The van der Waals surface area contributed by atoms with Gasteiger partial charge in [-0.2, -0.15) is 5.10 Å². The second-order valence-corrected chi connectivity index (χ2v) is 4.92. The third kappa shape index (κ3) is 4.32. The molecule has 1 aromatic carbocycles. The minimum Gasteiger partial charge on any atom is -0.478 e. The van der Waals surface area contributed by atoms with Gasteiger partial charge in [-0.1, -0.05) is 12.1 Å². The van der Waals surface area contributed by atoms with Gasteiger partial charge in [0.15, 0.2) is 0 Å². The molecule has 0 bridgehead atoms. The number of nitrogens with zero attached hydrogens (tertiary/aromatic N) is 4. The highest BCUT2D eigenvalue weighted by Gasteiger charge is 2.12. The van der Waals surface area contributed by atoms with E-state index in [0.29, 0.717) is 18.9 Å². The van der Waals surface area contributed by atoms with Crippen LogP contribution in [0.1, 0.15) is 21.7 Å². The largest absolute Gasteiger partial charge is 0.478 e. The number of hydrogen-bond acceptors (Lipinski definition) is 4. The zero-order valence-electron chi connectivity index (χ0n) is 12.0. The first kappa shape index (κ1) is 16.0.